The van der Waals surface area contributed by atoms with Gasteiger partial charge in [-0.2, -0.15) is 0 Å². The predicted octanol–water partition coefficient (Wildman–Crippen LogP) is 10.4. The molecule has 4 nitrogen and oxygen atoms in total. The van der Waals surface area contributed by atoms with E-state index in [2.05, 4.69) is 115 Å². The molecule has 218 valence electrons. The standard InChI is InChI=1S/C20H16O2.C16H10.C4H8O2/c21-18(22)6-2-3-13-7-8-16-10-9-14-4-1-5-15-11-12-17(13)20(16)19(14)15;1-3-11-7-9-13-5-2-6-14-10-8-12(4-1)15(11)16(13)14;1-2-3-4(5)6/h1,4-5,7-12H,2-3,6H2,(H,21,22);1-10H;2-3H2,1H3,(H,5,6). The number of rotatable bonds is 6. The van der Waals surface area contributed by atoms with Gasteiger partial charge in [0.05, 0.1) is 0 Å². The van der Waals surface area contributed by atoms with Crippen molar-refractivity contribution < 1.29 is 19.8 Å². The minimum Gasteiger partial charge on any atom is -0.481 e. The monoisotopic (exact) mass is 578 g/mol. The second kappa shape index (κ2) is 12.6. The molecule has 0 radical (unpaired) electrons. The predicted molar refractivity (Wildman–Crippen MR) is 183 cm³/mol. The highest BCUT2D eigenvalue weighted by Crippen LogP contribution is 2.36. The molecule has 0 saturated carbocycles. The van der Waals surface area contributed by atoms with Gasteiger partial charge in [0.2, 0.25) is 0 Å². The summed E-state index contributed by atoms with van der Waals surface area (Å²) in [5, 5.41) is 32.5. The molecule has 0 aliphatic heterocycles. The van der Waals surface area contributed by atoms with Crippen LogP contribution in [0.3, 0.4) is 0 Å². The Hall–Kier alpha value is -5.22. The van der Waals surface area contributed by atoms with Gasteiger partial charge in [-0.05, 0) is 89.5 Å². The van der Waals surface area contributed by atoms with E-state index in [1.807, 2.05) is 6.92 Å². The first kappa shape index (κ1) is 28.9. The summed E-state index contributed by atoms with van der Waals surface area (Å²) in [6, 6.07) is 41.3. The highest BCUT2D eigenvalue weighted by molar-refractivity contribution is 6.24. The summed E-state index contributed by atoms with van der Waals surface area (Å²) < 4.78 is 0. The van der Waals surface area contributed by atoms with E-state index in [0.717, 1.165) is 12.8 Å². The molecule has 2 N–H and O–H groups in total. The maximum Gasteiger partial charge on any atom is 0.303 e. The third-order valence-electron chi connectivity index (χ3n) is 8.31. The first-order chi connectivity index (χ1) is 21.4. The van der Waals surface area contributed by atoms with Crippen LogP contribution >= 0.6 is 0 Å². The van der Waals surface area contributed by atoms with Crippen LogP contribution in [0.4, 0.5) is 0 Å². The van der Waals surface area contributed by atoms with E-state index < -0.39 is 11.9 Å². The molecule has 0 saturated heterocycles. The molecule has 0 atom stereocenters. The molecule has 0 bridgehead atoms. The Morgan fingerprint density at radius 3 is 1.23 bits per heavy atom. The van der Waals surface area contributed by atoms with E-state index in [-0.39, 0.29) is 6.42 Å². The fourth-order valence-electron chi connectivity index (χ4n) is 6.33. The van der Waals surface area contributed by atoms with Gasteiger partial charge in [-0.1, -0.05) is 122 Å². The van der Waals surface area contributed by atoms with Crippen LogP contribution in [-0.2, 0) is 16.0 Å². The van der Waals surface area contributed by atoms with Crippen LogP contribution in [0.1, 0.15) is 38.2 Å². The van der Waals surface area contributed by atoms with Crippen LogP contribution in [-0.4, -0.2) is 22.2 Å². The average molecular weight is 579 g/mol. The molecule has 0 fully saturated rings. The van der Waals surface area contributed by atoms with Gasteiger partial charge < -0.3 is 10.2 Å². The summed E-state index contributed by atoms with van der Waals surface area (Å²) in [5.74, 6) is -1.43. The van der Waals surface area contributed by atoms with Crippen LogP contribution in [0.15, 0.2) is 115 Å². The number of hydrogen-bond acceptors (Lipinski definition) is 2. The van der Waals surface area contributed by atoms with Crippen LogP contribution in [0, 0.1) is 0 Å². The number of carboxylic acids is 2. The smallest absolute Gasteiger partial charge is 0.303 e. The molecular weight excluding hydrogens is 544 g/mol. The van der Waals surface area contributed by atoms with E-state index in [4.69, 9.17) is 10.2 Å². The topological polar surface area (TPSA) is 74.6 Å². The van der Waals surface area contributed by atoms with Crippen molar-refractivity contribution in [1.82, 2.24) is 0 Å². The van der Waals surface area contributed by atoms with Gasteiger partial charge in [0, 0.05) is 12.8 Å². The largest absolute Gasteiger partial charge is 0.481 e. The van der Waals surface area contributed by atoms with Crippen LogP contribution < -0.4 is 0 Å². The van der Waals surface area contributed by atoms with Crippen molar-refractivity contribution in [3.05, 3.63) is 121 Å². The molecule has 0 amide bonds. The van der Waals surface area contributed by atoms with E-state index in [0.29, 0.717) is 12.8 Å². The van der Waals surface area contributed by atoms with Crippen molar-refractivity contribution in [1.29, 1.82) is 0 Å². The van der Waals surface area contributed by atoms with Crippen molar-refractivity contribution in [2.45, 2.75) is 39.0 Å². The molecule has 0 heterocycles. The van der Waals surface area contributed by atoms with Gasteiger partial charge in [0.25, 0.3) is 0 Å². The van der Waals surface area contributed by atoms with Gasteiger partial charge in [-0.3, -0.25) is 9.59 Å². The van der Waals surface area contributed by atoms with Gasteiger partial charge in [0.15, 0.2) is 0 Å². The molecule has 8 rings (SSSR count). The van der Waals surface area contributed by atoms with Gasteiger partial charge in [0.1, 0.15) is 0 Å². The van der Waals surface area contributed by atoms with E-state index in [9.17, 15) is 9.59 Å². The number of carboxylic acid groups (broad SMARTS) is 2. The summed E-state index contributed by atoms with van der Waals surface area (Å²) >= 11 is 0. The number of carbonyl (C=O) groups is 2. The third kappa shape index (κ3) is 5.71. The second-order valence-corrected chi connectivity index (χ2v) is 11.3. The van der Waals surface area contributed by atoms with Crippen molar-refractivity contribution in [2.24, 2.45) is 0 Å². The van der Waals surface area contributed by atoms with Crippen molar-refractivity contribution in [2.75, 3.05) is 0 Å². The molecule has 0 aliphatic rings. The summed E-state index contributed by atoms with van der Waals surface area (Å²) in [4.78, 5) is 20.3. The zero-order valence-electron chi connectivity index (χ0n) is 24.7. The number of benzene rings is 8. The quantitative estimate of drug-likeness (QED) is 0.193. The molecule has 8 aromatic carbocycles. The molecule has 0 aromatic heterocycles. The fraction of sp³-hybridized carbons (Fsp3) is 0.150. The van der Waals surface area contributed by atoms with Gasteiger partial charge in [-0.25, -0.2) is 0 Å². The highest BCUT2D eigenvalue weighted by Gasteiger charge is 2.11. The molecule has 8 aromatic rings. The van der Waals surface area contributed by atoms with Crippen molar-refractivity contribution >= 4 is 76.6 Å². The van der Waals surface area contributed by atoms with E-state index in [1.165, 1.54) is 70.2 Å². The Kier molecular flexibility index (Phi) is 8.25. The van der Waals surface area contributed by atoms with Crippen LogP contribution in [0.2, 0.25) is 0 Å². The lowest BCUT2D eigenvalue weighted by molar-refractivity contribution is -0.138. The highest BCUT2D eigenvalue weighted by atomic mass is 16.4. The number of aryl methyl sites for hydroxylation is 1. The first-order valence-corrected chi connectivity index (χ1v) is 15.2. The molecule has 44 heavy (non-hydrogen) atoms. The zero-order chi connectivity index (χ0) is 30.6. The molecule has 0 spiro atoms. The number of aliphatic carboxylic acids is 2. The fourth-order valence-corrected chi connectivity index (χ4v) is 6.33. The Balaban J connectivity index is 0.000000136. The van der Waals surface area contributed by atoms with Crippen LogP contribution in [0.25, 0.3) is 64.6 Å². The third-order valence-corrected chi connectivity index (χ3v) is 8.31. The number of hydrogen-bond donors (Lipinski definition) is 2. The first-order valence-electron chi connectivity index (χ1n) is 15.2. The van der Waals surface area contributed by atoms with E-state index >= 15 is 0 Å². The van der Waals surface area contributed by atoms with E-state index in [1.54, 1.807) is 0 Å². The Bertz CT molecular complexity index is 2080. The van der Waals surface area contributed by atoms with Gasteiger partial charge >= 0.3 is 11.9 Å². The van der Waals surface area contributed by atoms with Crippen molar-refractivity contribution in [3.63, 3.8) is 0 Å². The lowest BCUT2D eigenvalue weighted by atomic mass is 9.90. The van der Waals surface area contributed by atoms with Gasteiger partial charge in [-0.15, -0.1) is 0 Å². The summed E-state index contributed by atoms with van der Waals surface area (Å²) in [7, 11) is 0. The minimum atomic E-state index is -0.724. The lowest BCUT2D eigenvalue weighted by Crippen LogP contribution is -1.96. The SMILES string of the molecule is CCCC(=O)O.O=C(O)CCCc1ccc2ccc3cccc4ccc1c2c34.c1cc2ccc3cccc4ccc(c1)c2c34. The van der Waals surface area contributed by atoms with Crippen LogP contribution in [0.5, 0.6) is 0 Å². The maximum atomic E-state index is 10.7. The summed E-state index contributed by atoms with van der Waals surface area (Å²) in [6.07, 6.45) is 2.73. The lowest BCUT2D eigenvalue weighted by Gasteiger charge is -2.13. The molecule has 4 heteroatoms. The molecular formula is C40H34O4. The average Bonchev–Trinajstić information content (AvgIpc) is 3.03. The Labute approximate surface area is 255 Å². The molecule has 0 unspecified atom stereocenters. The normalized spacial score (nSPS) is 11.2. The minimum absolute atomic E-state index is 0.224. The summed E-state index contributed by atoms with van der Waals surface area (Å²) in [5.41, 5.74) is 1.24. The van der Waals surface area contributed by atoms with Crippen molar-refractivity contribution in [3.8, 4) is 0 Å². The summed E-state index contributed by atoms with van der Waals surface area (Å²) in [6.45, 7) is 1.84. The maximum absolute atomic E-state index is 10.7. The second-order valence-electron chi connectivity index (χ2n) is 11.3. The zero-order valence-corrected chi connectivity index (χ0v) is 24.7. The Morgan fingerprint density at radius 1 is 0.477 bits per heavy atom. The molecule has 0 aliphatic carbocycles. The Morgan fingerprint density at radius 2 is 0.841 bits per heavy atom.